The minimum atomic E-state index is -4.55. The zero-order chi connectivity index (χ0) is 26.4. The number of aryl methyl sites for hydroxylation is 2. The predicted molar refractivity (Wildman–Crippen MR) is 118 cm³/mol. The summed E-state index contributed by atoms with van der Waals surface area (Å²) < 4.78 is 64.0. The van der Waals surface area contributed by atoms with E-state index in [2.05, 4.69) is 9.97 Å². The average molecular weight is 549 g/mol. The third-order valence-electron chi connectivity index (χ3n) is 4.55. The molecular formula is C18H24MgN2O12S2. The summed E-state index contributed by atoms with van der Waals surface area (Å²) >= 11 is 0. The SMILES string of the molecule is Cc1nc(CS(=O)(=O)[O-])c(CO)c(CO)c1O.Cc1nc(CS(=O)(=O)[O-])c(CO)c(CO)c1O.[Mg+2]. The Labute approximate surface area is 217 Å². The van der Waals surface area contributed by atoms with E-state index in [-0.39, 0.29) is 79.6 Å². The smallest absolute Gasteiger partial charge is 0.748 e. The van der Waals surface area contributed by atoms with Crippen LogP contribution < -0.4 is 0 Å². The van der Waals surface area contributed by atoms with Crippen LogP contribution in [0.5, 0.6) is 11.5 Å². The van der Waals surface area contributed by atoms with E-state index in [1.54, 1.807) is 0 Å². The predicted octanol–water partition coefficient (Wildman–Crippen LogP) is -2.13. The summed E-state index contributed by atoms with van der Waals surface area (Å²) in [5.41, 5.74) is -0.221. The molecule has 17 heteroatoms. The molecule has 2 heterocycles. The van der Waals surface area contributed by atoms with Crippen LogP contribution in [0.3, 0.4) is 0 Å². The third kappa shape index (κ3) is 9.37. The van der Waals surface area contributed by atoms with Gasteiger partial charge in [-0.25, -0.2) is 16.8 Å². The molecule has 0 radical (unpaired) electrons. The van der Waals surface area contributed by atoms with Gasteiger partial charge in [-0.05, 0) is 13.8 Å². The van der Waals surface area contributed by atoms with Gasteiger partial charge in [0, 0.05) is 22.3 Å². The van der Waals surface area contributed by atoms with Gasteiger partial charge in [0.25, 0.3) is 0 Å². The number of pyridine rings is 2. The Morgan fingerprint density at radius 2 is 0.886 bits per heavy atom. The van der Waals surface area contributed by atoms with E-state index in [0.29, 0.717) is 0 Å². The first kappa shape index (κ1) is 33.3. The molecule has 6 N–H and O–H groups in total. The minimum Gasteiger partial charge on any atom is -0.748 e. The number of aromatic hydroxyl groups is 2. The van der Waals surface area contributed by atoms with Crippen molar-refractivity contribution in [1.82, 2.24) is 9.97 Å². The van der Waals surface area contributed by atoms with E-state index >= 15 is 0 Å². The minimum absolute atomic E-state index is 0. The largest absolute Gasteiger partial charge is 2.00 e. The quantitative estimate of drug-likeness (QED) is 0.152. The van der Waals surface area contributed by atoms with Gasteiger partial charge in [-0.15, -0.1) is 0 Å². The summed E-state index contributed by atoms with van der Waals surface area (Å²) in [6.45, 7) is 0.379. The Bertz CT molecular complexity index is 1150. The standard InChI is InChI=1S/2C9H13NO6S.Mg/c2*1-5-9(13)7(3-12)6(2-11)8(10-5)4-17(14,15)16;/h2*11-13H,2-4H2,1H3,(H,14,15,16);/q;;+2/p-2. The van der Waals surface area contributed by atoms with E-state index in [1.807, 2.05) is 0 Å². The molecule has 0 aliphatic carbocycles. The van der Waals surface area contributed by atoms with Crippen molar-refractivity contribution >= 4 is 43.3 Å². The normalized spacial score (nSPS) is 11.4. The molecule has 0 fully saturated rings. The molecule has 0 aromatic carbocycles. The first-order valence-corrected chi connectivity index (χ1v) is 12.5. The molecule has 0 spiro atoms. The monoisotopic (exact) mass is 548 g/mol. The van der Waals surface area contributed by atoms with Crippen LogP contribution in [0.4, 0.5) is 0 Å². The van der Waals surface area contributed by atoms with Gasteiger partial charge in [-0.1, -0.05) is 0 Å². The summed E-state index contributed by atoms with van der Waals surface area (Å²) in [6, 6.07) is 0. The maximum Gasteiger partial charge on any atom is 2.00 e. The summed E-state index contributed by atoms with van der Waals surface area (Å²) in [6.07, 6.45) is 0. The number of aromatic nitrogens is 2. The van der Waals surface area contributed by atoms with E-state index in [1.165, 1.54) is 13.8 Å². The zero-order valence-corrected chi connectivity index (χ0v) is 21.8. The fourth-order valence-corrected chi connectivity index (χ4v) is 4.15. The van der Waals surface area contributed by atoms with E-state index in [9.17, 15) is 36.2 Å². The van der Waals surface area contributed by atoms with Gasteiger partial charge >= 0.3 is 23.1 Å². The van der Waals surface area contributed by atoms with Crippen molar-refractivity contribution in [3.63, 3.8) is 0 Å². The number of hydrogen-bond donors (Lipinski definition) is 6. The third-order valence-corrected chi connectivity index (χ3v) is 5.80. The average Bonchev–Trinajstić information content (AvgIpc) is 2.70. The Morgan fingerprint density at radius 3 is 1.09 bits per heavy atom. The molecule has 0 bridgehead atoms. The second kappa shape index (κ2) is 13.6. The first-order chi connectivity index (χ1) is 15.6. The Kier molecular flexibility index (Phi) is 12.9. The van der Waals surface area contributed by atoms with Crippen molar-refractivity contribution < 1.29 is 56.6 Å². The molecule has 0 atom stereocenters. The summed E-state index contributed by atoms with van der Waals surface area (Å²) in [5.74, 6) is -2.42. The maximum atomic E-state index is 10.7. The molecule has 35 heavy (non-hydrogen) atoms. The van der Waals surface area contributed by atoms with Crippen LogP contribution in [0.15, 0.2) is 0 Å². The fraction of sp³-hybridized carbons (Fsp3) is 0.444. The second-order valence-corrected chi connectivity index (χ2v) is 9.74. The summed E-state index contributed by atoms with van der Waals surface area (Å²) in [5, 5.41) is 55.4. The van der Waals surface area contributed by atoms with Crippen LogP contribution in [0.2, 0.25) is 0 Å². The molecule has 0 aliphatic rings. The first-order valence-electron chi connectivity index (χ1n) is 9.31. The number of rotatable bonds is 8. The van der Waals surface area contributed by atoms with Gasteiger partial charge in [0.2, 0.25) is 0 Å². The molecule has 0 amide bonds. The number of nitrogens with zero attached hydrogens (tertiary/aromatic N) is 2. The van der Waals surface area contributed by atoms with Crippen LogP contribution >= 0.6 is 0 Å². The summed E-state index contributed by atoms with van der Waals surface area (Å²) in [7, 11) is -9.10. The van der Waals surface area contributed by atoms with Crippen molar-refractivity contribution in [3.8, 4) is 11.5 Å². The van der Waals surface area contributed by atoms with Gasteiger partial charge in [0.1, 0.15) is 31.7 Å². The van der Waals surface area contributed by atoms with Crippen LogP contribution in [-0.4, -0.2) is 89.6 Å². The Morgan fingerprint density at radius 1 is 0.629 bits per heavy atom. The molecule has 0 unspecified atom stereocenters. The van der Waals surface area contributed by atoms with Gasteiger partial charge in [0.15, 0.2) is 0 Å². The van der Waals surface area contributed by atoms with Crippen molar-refractivity contribution in [2.75, 3.05) is 0 Å². The van der Waals surface area contributed by atoms with Gasteiger partial charge in [-0.2, -0.15) is 0 Å². The van der Waals surface area contributed by atoms with Crippen molar-refractivity contribution in [3.05, 3.63) is 45.0 Å². The Hall–Kier alpha value is -1.67. The van der Waals surface area contributed by atoms with Crippen molar-refractivity contribution in [2.45, 2.75) is 51.8 Å². The molecular weight excluding hydrogens is 525 g/mol. The molecule has 0 saturated carbocycles. The fourth-order valence-electron chi connectivity index (χ4n) is 3.00. The van der Waals surface area contributed by atoms with Crippen LogP contribution in [0.25, 0.3) is 0 Å². The van der Waals surface area contributed by atoms with Crippen molar-refractivity contribution in [2.24, 2.45) is 0 Å². The zero-order valence-electron chi connectivity index (χ0n) is 18.8. The molecule has 0 aliphatic heterocycles. The van der Waals surface area contributed by atoms with Crippen LogP contribution in [0.1, 0.15) is 45.0 Å². The van der Waals surface area contributed by atoms with Crippen LogP contribution in [0, 0.1) is 13.8 Å². The maximum absolute atomic E-state index is 10.7. The van der Waals surface area contributed by atoms with Crippen molar-refractivity contribution in [1.29, 1.82) is 0 Å². The van der Waals surface area contributed by atoms with Gasteiger partial charge < -0.3 is 39.7 Å². The summed E-state index contributed by atoms with van der Waals surface area (Å²) in [4.78, 5) is 7.47. The molecule has 0 saturated heterocycles. The molecule has 2 aromatic heterocycles. The topological polar surface area (TPSA) is 262 Å². The van der Waals surface area contributed by atoms with E-state index in [4.69, 9.17) is 20.4 Å². The number of aliphatic hydroxyl groups excluding tert-OH is 4. The number of hydrogen-bond acceptors (Lipinski definition) is 14. The van der Waals surface area contributed by atoms with Gasteiger partial charge in [-0.3, -0.25) is 9.97 Å². The Balaban J connectivity index is 0.000000642. The number of aliphatic hydroxyl groups is 4. The van der Waals surface area contributed by atoms with E-state index in [0.717, 1.165) is 0 Å². The van der Waals surface area contributed by atoms with E-state index < -0.39 is 58.2 Å². The molecule has 2 rings (SSSR count). The molecule has 14 nitrogen and oxygen atoms in total. The molecule has 2 aromatic rings. The van der Waals surface area contributed by atoms with Crippen LogP contribution in [-0.2, 0) is 58.2 Å². The second-order valence-electron chi connectivity index (χ2n) is 6.94. The molecule has 192 valence electrons. The van der Waals surface area contributed by atoms with Gasteiger partial charge in [0.05, 0.1) is 60.7 Å².